The fraction of sp³-hybridized carbons (Fsp3) is 0.500. The second-order valence-corrected chi connectivity index (χ2v) is 5.38. The van der Waals surface area contributed by atoms with E-state index in [2.05, 4.69) is 39.1 Å². The molecule has 0 aliphatic heterocycles. The molecule has 0 unspecified atom stereocenters. The van der Waals surface area contributed by atoms with E-state index in [-0.39, 0.29) is 0 Å². The molecule has 16 heavy (non-hydrogen) atoms. The van der Waals surface area contributed by atoms with E-state index in [0.29, 0.717) is 11.0 Å². The first kappa shape index (κ1) is 12.6. The highest BCUT2D eigenvalue weighted by atomic mass is 14.9. The average Bonchev–Trinajstić information content (AvgIpc) is 2.19. The van der Waals surface area contributed by atoms with E-state index in [1.54, 1.807) is 0 Å². The number of nitriles is 1. The standard InChI is InChI=1S/C14H20N2/c1-11-5-6-12(10-15)9-13(11)16-8-7-14(2,3)4/h5-6,9,16H,7-8H2,1-4H3. The van der Waals surface area contributed by atoms with Gasteiger partial charge in [0.1, 0.15) is 0 Å². The molecule has 0 radical (unpaired) electrons. The Morgan fingerprint density at radius 2 is 2.00 bits per heavy atom. The zero-order valence-electron chi connectivity index (χ0n) is 10.6. The first-order chi connectivity index (χ1) is 7.42. The van der Waals surface area contributed by atoms with Gasteiger partial charge in [-0.3, -0.25) is 0 Å². The summed E-state index contributed by atoms with van der Waals surface area (Å²) < 4.78 is 0. The highest BCUT2D eigenvalue weighted by Gasteiger charge is 2.09. The Morgan fingerprint density at radius 1 is 1.31 bits per heavy atom. The molecule has 0 fully saturated rings. The number of hydrogen-bond donors (Lipinski definition) is 1. The van der Waals surface area contributed by atoms with Crippen molar-refractivity contribution in [1.82, 2.24) is 0 Å². The van der Waals surface area contributed by atoms with Gasteiger partial charge in [-0.05, 0) is 36.5 Å². The molecule has 0 bridgehead atoms. The highest BCUT2D eigenvalue weighted by Crippen LogP contribution is 2.20. The van der Waals surface area contributed by atoms with Gasteiger partial charge in [-0.2, -0.15) is 5.26 Å². The molecule has 1 aromatic carbocycles. The molecular weight excluding hydrogens is 196 g/mol. The van der Waals surface area contributed by atoms with Gasteiger partial charge < -0.3 is 5.32 Å². The van der Waals surface area contributed by atoms with E-state index in [1.165, 1.54) is 5.56 Å². The summed E-state index contributed by atoms with van der Waals surface area (Å²) in [5.41, 5.74) is 3.31. The topological polar surface area (TPSA) is 35.8 Å². The molecule has 0 atom stereocenters. The quantitative estimate of drug-likeness (QED) is 0.836. The lowest BCUT2D eigenvalue weighted by atomic mass is 9.92. The molecule has 0 heterocycles. The molecule has 0 spiro atoms. The zero-order chi connectivity index (χ0) is 12.2. The number of anilines is 1. The summed E-state index contributed by atoms with van der Waals surface area (Å²) in [6.07, 6.45) is 1.11. The molecule has 0 aliphatic rings. The number of hydrogen-bond acceptors (Lipinski definition) is 2. The molecule has 0 aliphatic carbocycles. The van der Waals surface area contributed by atoms with E-state index >= 15 is 0 Å². The number of aryl methyl sites for hydroxylation is 1. The monoisotopic (exact) mass is 216 g/mol. The van der Waals surface area contributed by atoms with Gasteiger partial charge in [-0.25, -0.2) is 0 Å². The van der Waals surface area contributed by atoms with Crippen molar-refractivity contribution in [2.75, 3.05) is 11.9 Å². The predicted octanol–water partition coefficient (Wildman–Crippen LogP) is 3.71. The average molecular weight is 216 g/mol. The number of benzene rings is 1. The van der Waals surface area contributed by atoms with Gasteiger partial charge in [0.05, 0.1) is 11.6 Å². The summed E-state index contributed by atoms with van der Waals surface area (Å²) in [5.74, 6) is 0. The van der Waals surface area contributed by atoms with Gasteiger partial charge in [0.25, 0.3) is 0 Å². The molecule has 0 amide bonds. The van der Waals surface area contributed by atoms with Crippen LogP contribution in [-0.4, -0.2) is 6.54 Å². The maximum Gasteiger partial charge on any atom is 0.0992 e. The Kier molecular flexibility index (Phi) is 3.95. The third kappa shape index (κ3) is 3.94. The normalized spacial score (nSPS) is 10.9. The third-order valence-electron chi connectivity index (χ3n) is 2.56. The van der Waals surface area contributed by atoms with Gasteiger partial charge >= 0.3 is 0 Å². The van der Waals surface area contributed by atoms with Gasteiger partial charge in [0.2, 0.25) is 0 Å². The maximum absolute atomic E-state index is 8.83. The maximum atomic E-state index is 8.83. The minimum absolute atomic E-state index is 0.341. The lowest BCUT2D eigenvalue weighted by molar-refractivity contribution is 0.390. The molecule has 1 N–H and O–H groups in total. The van der Waals surface area contributed by atoms with E-state index in [9.17, 15) is 0 Å². The fourth-order valence-electron chi connectivity index (χ4n) is 1.45. The van der Waals surface area contributed by atoms with Gasteiger partial charge in [0, 0.05) is 12.2 Å². The molecule has 0 aromatic heterocycles. The minimum Gasteiger partial charge on any atom is -0.385 e. The third-order valence-corrected chi connectivity index (χ3v) is 2.56. The Morgan fingerprint density at radius 3 is 2.56 bits per heavy atom. The lowest BCUT2D eigenvalue weighted by Gasteiger charge is -2.19. The Labute approximate surface area is 98.3 Å². The van der Waals surface area contributed by atoms with Crippen LogP contribution in [0, 0.1) is 23.7 Å². The van der Waals surface area contributed by atoms with Crippen molar-refractivity contribution in [3.8, 4) is 6.07 Å². The van der Waals surface area contributed by atoms with Crippen molar-refractivity contribution in [2.45, 2.75) is 34.1 Å². The second-order valence-electron chi connectivity index (χ2n) is 5.38. The molecule has 0 saturated carbocycles. The fourth-order valence-corrected chi connectivity index (χ4v) is 1.45. The molecule has 2 nitrogen and oxygen atoms in total. The number of nitrogens with one attached hydrogen (secondary N) is 1. The van der Waals surface area contributed by atoms with E-state index in [0.717, 1.165) is 18.7 Å². The minimum atomic E-state index is 0.341. The Balaban J connectivity index is 2.64. The summed E-state index contributed by atoms with van der Waals surface area (Å²) in [6.45, 7) is 9.69. The van der Waals surface area contributed by atoms with Crippen LogP contribution in [-0.2, 0) is 0 Å². The lowest BCUT2D eigenvalue weighted by Crippen LogP contribution is -2.13. The van der Waals surface area contributed by atoms with Crippen LogP contribution in [0.1, 0.15) is 38.3 Å². The first-order valence-electron chi connectivity index (χ1n) is 5.67. The second kappa shape index (κ2) is 5.03. The van der Waals surface area contributed by atoms with Gasteiger partial charge in [0.15, 0.2) is 0 Å². The first-order valence-corrected chi connectivity index (χ1v) is 5.67. The summed E-state index contributed by atoms with van der Waals surface area (Å²) in [4.78, 5) is 0. The highest BCUT2D eigenvalue weighted by molar-refractivity contribution is 5.55. The molecule has 1 aromatic rings. The van der Waals surface area contributed by atoms with Crippen LogP contribution in [0.3, 0.4) is 0 Å². The molecule has 2 heteroatoms. The van der Waals surface area contributed by atoms with Crippen LogP contribution in [0.4, 0.5) is 5.69 Å². The van der Waals surface area contributed by atoms with Crippen LogP contribution < -0.4 is 5.32 Å². The van der Waals surface area contributed by atoms with Crippen molar-refractivity contribution >= 4 is 5.69 Å². The summed E-state index contributed by atoms with van der Waals surface area (Å²) in [6, 6.07) is 7.91. The molecule has 0 saturated heterocycles. The van der Waals surface area contributed by atoms with Crippen LogP contribution in [0.2, 0.25) is 0 Å². The van der Waals surface area contributed by atoms with Crippen LogP contribution in [0.5, 0.6) is 0 Å². The van der Waals surface area contributed by atoms with Crippen molar-refractivity contribution in [1.29, 1.82) is 5.26 Å². The van der Waals surface area contributed by atoms with Crippen molar-refractivity contribution in [2.24, 2.45) is 5.41 Å². The van der Waals surface area contributed by atoms with Crippen LogP contribution in [0.15, 0.2) is 18.2 Å². The summed E-state index contributed by atoms with van der Waals surface area (Å²) in [5, 5.41) is 12.2. The summed E-state index contributed by atoms with van der Waals surface area (Å²) in [7, 11) is 0. The van der Waals surface area contributed by atoms with Crippen molar-refractivity contribution < 1.29 is 0 Å². The number of nitrogens with zero attached hydrogens (tertiary/aromatic N) is 1. The van der Waals surface area contributed by atoms with Crippen LogP contribution >= 0.6 is 0 Å². The van der Waals surface area contributed by atoms with E-state index in [1.807, 2.05) is 18.2 Å². The van der Waals surface area contributed by atoms with E-state index in [4.69, 9.17) is 5.26 Å². The summed E-state index contributed by atoms with van der Waals surface area (Å²) >= 11 is 0. The SMILES string of the molecule is Cc1ccc(C#N)cc1NCCC(C)(C)C. The Hall–Kier alpha value is -1.49. The molecule has 86 valence electrons. The molecule has 1 rings (SSSR count). The zero-order valence-corrected chi connectivity index (χ0v) is 10.6. The Bertz CT molecular complexity index is 394. The predicted molar refractivity (Wildman–Crippen MR) is 68.5 cm³/mol. The van der Waals surface area contributed by atoms with E-state index < -0.39 is 0 Å². The number of rotatable bonds is 3. The van der Waals surface area contributed by atoms with Crippen molar-refractivity contribution in [3.63, 3.8) is 0 Å². The largest absolute Gasteiger partial charge is 0.385 e. The smallest absolute Gasteiger partial charge is 0.0992 e. The van der Waals surface area contributed by atoms with Crippen molar-refractivity contribution in [3.05, 3.63) is 29.3 Å². The van der Waals surface area contributed by atoms with Gasteiger partial charge in [-0.15, -0.1) is 0 Å². The van der Waals surface area contributed by atoms with Crippen LogP contribution in [0.25, 0.3) is 0 Å². The molecular formula is C14H20N2. The van der Waals surface area contributed by atoms with Gasteiger partial charge in [-0.1, -0.05) is 26.8 Å².